The van der Waals surface area contributed by atoms with Gasteiger partial charge in [-0.05, 0) is 56.6 Å². The maximum Gasteiger partial charge on any atom is 0.325 e. The minimum absolute atomic E-state index is 0.00336. The number of carboxylic acids is 1. The predicted molar refractivity (Wildman–Crippen MR) is 144 cm³/mol. The molecule has 3 aliphatic rings. The maximum absolute atomic E-state index is 13.8. The number of aryl methyl sites for hydroxylation is 1. The van der Waals surface area contributed by atoms with Crippen LogP contribution in [-0.2, 0) is 35.1 Å². The Morgan fingerprint density at radius 3 is 2.42 bits per heavy atom. The van der Waals surface area contributed by atoms with Gasteiger partial charge in [0.05, 0.1) is 24.5 Å². The number of hydrogen-bond donors (Lipinski definition) is 3. The van der Waals surface area contributed by atoms with Crippen LogP contribution in [0.4, 0.5) is 5.69 Å². The van der Waals surface area contributed by atoms with Gasteiger partial charge >= 0.3 is 11.9 Å². The molecule has 2 aliphatic heterocycles. The van der Waals surface area contributed by atoms with Crippen molar-refractivity contribution in [3.8, 4) is 0 Å². The van der Waals surface area contributed by atoms with Crippen molar-refractivity contribution >= 4 is 35.3 Å². The molecule has 0 spiro atoms. The first-order chi connectivity index (χ1) is 19.1. The van der Waals surface area contributed by atoms with Gasteiger partial charge in [0, 0.05) is 25.2 Å². The van der Waals surface area contributed by atoms with Gasteiger partial charge in [0.2, 0.25) is 17.7 Å². The number of esters is 1. The summed E-state index contributed by atoms with van der Waals surface area (Å²) in [5.41, 5.74) is 0.468. The van der Waals surface area contributed by atoms with Crippen molar-refractivity contribution in [1.29, 1.82) is 0 Å². The number of carboxylic acid groups (broad SMARTS) is 1. The molecular formula is C29H39N3O8. The number of hydrogen-bond acceptors (Lipinski definition) is 7. The molecule has 2 unspecified atom stereocenters. The van der Waals surface area contributed by atoms with E-state index in [1.165, 1.54) is 12.0 Å². The Hall–Kier alpha value is -3.47. The van der Waals surface area contributed by atoms with Crippen molar-refractivity contribution in [3.05, 3.63) is 29.8 Å². The first-order valence-corrected chi connectivity index (χ1v) is 14.1. The summed E-state index contributed by atoms with van der Waals surface area (Å²) in [6.07, 6.45) is 3.53. The number of para-hydroxylation sites is 1. The number of benzene rings is 1. The fourth-order valence-corrected chi connectivity index (χ4v) is 6.27. The molecule has 2 atom stereocenters. The molecule has 2 fully saturated rings. The molecule has 2 heterocycles. The lowest BCUT2D eigenvalue weighted by molar-refractivity contribution is -0.149. The normalized spacial score (nSPS) is 21.8. The molecule has 3 N–H and O–H groups in total. The van der Waals surface area contributed by atoms with E-state index in [0.717, 1.165) is 18.4 Å². The molecule has 11 nitrogen and oxygen atoms in total. The van der Waals surface area contributed by atoms with E-state index in [1.807, 2.05) is 12.1 Å². The molecule has 1 saturated carbocycles. The summed E-state index contributed by atoms with van der Waals surface area (Å²) in [6, 6.07) is 6.38. The average molecular weight is 558 g/mol. The van der Waals surface area contributed by atoms with Gasteiger partial charge in [-0.25, -0.2) is 0 Å². The maximum atomic E-state index is 13.8. The molecular weight excluding hydrogens is 518 g/mol. The van der Waals surface area contributed by atoms with Crippen molar-refractivity contribution in [2.75, 3.05) is 31.6 Å². The van der Waals surface area contributed by atoms with E-state index in [0.29, 0.717) is 57.3 Å². The summed E-state index contributed by atoms with van der Waals surface area (Å²) >= 11 is 0. The highest BCUT2D eigenvalue weighted by molar-refractivity contribution is 6.03. The first-order valence-electron chi connectivity index (χ1n) is 14.1. The van der Waals surface area contributed by atoms with Crippen LogP contribution in [0.25, 0.3) is 0 Å². The molecule has 1 saturated heterocycles. The molecule has 1 aliphatic carbocycles. The number of rotatable bonds is 9. The smallest absolute Gasteiger partial charge is 0.325 e. The molecule has 0 aromatic heterocycles. The van der Waals surface area contributed by atoms with E-state index in [4.69, 9.17) is 4.74 Å². The molecule has 0 radical (unpaired) electrons. The number of anilines is 1. The number of nitrogens with zero attached hydrogens (tertiary/aromatic N) is 2. The quantitative estimate of drug-likeness (QED) is 0.388. The monoisotopic (exact) mass is 557 g/mol. The Kier molecular flexibility index (Phi) is 9.44. The largest absolute Gasteiger partial charge is 0.481 e. The summed E-state index contributed by atoms with van der Waals surface area (Å²) in [7, 11) is 1.25. The lowest BCUT2D eigenvalue weighted by atomic mass is 9.75. The van der Waals surface area contributed by atoms with Gasteiger partial charge in [0.15, 0.2) is 0 Å². The van der Waals surface area contributed by atoms with Gasteiger partial charge in [-0.1, -0.05) is 31.0 Å². The molecule has 1 aromatic carbocycles. The lowest BCUT2D eigenvalue weighted by Gasteiger charge is -2.34. The second-order valence-corrected chi connectivity index (χ2v) is 11.2. The number of nitrogens with one attached hydrogen (secondary N) is 1. The van der Waals surface area contributed by atoms with Crippen molar-refractivity contribution in [1.82, 2.24) is 10.2 Å². The lowest BCUT2D eigenvalue weighted by Crippen LogP contribution is -2.53. The number of amides is 3. The van der Waals surface area contributed by atoms with Crippen LogP contribution in [0, 0.1) is 11.3 Å². The number of aliphatic hydroxyl groups excluding tert-OH is 1. The second kappa shape index (κ2) is 12.8. The van der Waals surface area contributed by atoms with Gasteiger partial charge in [-0.3, -0.25) is 28.9 Å². The van der Waals surface area contributed by atoms with Gasteiger partial charge < -0.3 is 25.2 Å². The topological polar surface area (TPSA) is 154 Å². The van der Waals surface area contributed by atoms with Gasteiger partial charge in [0.25, 0.3) is 0 Å². The van der Waals surface area contributed by atoms with Crippen LogP contribution in [-0.4, -0.2) is 83.7 Å². The third-order valence-corrected chi connectivity index (χ3v) is 8.64. The zero-order valence-corrected chi connectivity index (χ0v) is 23.0. The summed E-state index contributed by atoms with van der Waals surface area (Å²) < 4.78 is 4.80. The number of aliphatic carboxylic acids is 1. The highest BCUT2D eigenvalue weighted by atomic mass is 16.5. The highest BCUT2D eigenvalue weighted by Gasteiger charge is 2.46. The molecule has 3 amide bonds. The van der Waals surface area contributed by atoms with E-state index >= 15 is 0 Å². The molecule has 11 heteroatoms. The Morgan fingerprint density at radius 1 is 1.10 bits per heavy atom. The van der Waals surface area contributed by atoms with Crippen LogP contribution >= 0.6 is 0 Å². The van der Waals surface area contributed by atoms with Crippen molar-refractivity contribution < 1.29 is 38.9 Å². The molecule has 218 valence electrons. The third kappa shape index (κ3) is 6.63. The average Bonchev–Trinajstić information content (AvgIpc) is 3.38. The fraction of sp³-hybridized carbons (Fsp3) is 0.621. The number of piperidine rings is 1. The molecule has 1 aromatic rings. The number of ether oxygens (including phenoxy) is 1. The number of methoxy groups -OCH3 is 1. The van der Waals surface area contributed by atoms with E-state index in [-0.39, 0.29) is 31.2 Å². The van der Waals surface area contributed by atoms with Crippen molar-refractivity contribution in [3.63, 3.8) is 0 Å². The number of likely N-dealkylation sites (tertiary alicyclic amines) is 1. The Morgan fingerprint density at radius 2 is 1.77 bits per heavy atom. The Balaban J connectivity index is 1.50. The van der Waals surface area contributed by atoms with E-state index in [2.05, 4.69) is 5.32 Å². The fourth-order valence-electron chi connectivity index (χ4n) is 6.27. The van der Waals surface area contributed by atoms with Crippen molar-refractivity contribution in [2.45, 2.75) is 76.4 Å². The van der Waals surface area contributed by atoms with Crippen molar-refractivity contribution in [2.24, 2.45) is 11.3 Å². The number of carbonyl (C=O) groups is 5. The zero-order valence-electron chi connectivity index (χ0n) is 23.0. The van der Waals surface area contributed by atoms with Gasteiger partial charge in [-0.15, -0.1) is 0 Å². The number of carbonyl (C=O) groups excluding carboxylic acids is 4. The molecule has 0 bridgehead atoms. The van der Waals surface area contributed by atoms with Crippen LogP contribution in [0.5, 0.6) is 0 Å². The van der Waals surface area contributed by atoms with Crippen LogP contribution in [0.1, 0.15) is 63.4 Å². The summed E-state index contributed by atoms with van der Waals surface area (Å²) in [5, 5.41) is 22.7. The second-order valence-electron chi connectivity index (χ2n) is 11.2. The first kappa shape index (κ1) is 29.5. The Labute approximate surface area is 233 Å². The van der Waals surface area contributed by atoms with E-state index in [1.54, 1.807) is 17.0 Å². The van der Waals surface area contributed by atoms with Crippen LogP contribution in [0.2, 0.25) is 0 Å². The highest BCUT2D eigenvalue weighted by Crippen LogP contribution is 2.44. The van der Waals surface area contributed by atoms with Gasteiger partial charge in [0.1, 0.15) is 12.6 Å². The minimum Gasteiger partial charge on any atom is -0.481 e. The molecule has 4 rings (SSSR count). The van der Waals surface area contributed by atoms with Gasteiger partial charge in [-0.2, -0.15) is 0 Å². The summed E-state index contributed by atoms with van der Waals surface area (Å²) in [4.78, 5) is 67.7. The van der Waals surface area contributed by atoms with E-state index < -0.39 is 41.3 Å². The number of fused-ring (bicyclic) bond motifs is 1. The van der Waals surface area contributed by atoms with Crippen LogP contribution in [0.15, 0.2) is 24.3 Å². The summed E-state index contributed by atoms with van der Waals surface area (Å²) in [6.45, 7) is 0.471. The third-order valence-electron chi connectivity index (χ3n) is 8.64. The van der Waals surface area contributed by atoms with Crippen LogP contribution in [0.3, 0.4) is 0 Å². The Bertz CT molecular complexity index is 1120. The zero-order chi connectivity index (χ0) is 28.9. The van der Waals surface area contributed by atoms with E-state index in [9.17, 15) is 34.2 Å². The number of aliphatic hydroxyl groups is 1. The predicted octanol–water partition coefficient (Wildman–Crippen LogP) is 1.65. The summed E-state index contributed by atoms with van der Waals surface area (Å²) in [5.74, 6) is -3.85. The van der Waals surface area contributed by atoms with Crippen LogP contribution < -0.4 is 10.2 Å². The standard InChI is InChI=1S/C29H39N3O8/c1-40-25(35)18-32-23-7-3-2-6-19(23)8-9-22(26(32)36)30-28(39)29(12-4-5-13-29)17-20(27(37)38)16-24(34)31-14-10-21(33)11-15-31/h2-3,6-7,20-22,33H,4-5,8-18H2,1H3,(H,30,39)(H,37,38). The minimum atomic E-state index is -1.13. The SMILES string of the molecule is COC(=O)CN1C(=O)C(NC(=O)C2(CC(CC(=O)N3CCC(O)CC3)C(=O)O)CCCC2)CCc2ccccc21. The molecule has 40 heavy (non-hydrogen) atoms.